The van der Waals surface area contributed by atoms with Crippen molar-refractivity contribution in [2.24, 2.45) is 0 Å². The molecule has 7 nitrogen and oxygen atoms in total. The molecule has 1 aromatic heterocycles. The van der Waals surface area contributed by atoms with Gasteiger partial charge in [-0.3, -0.25) is 9.69 Å². The Kier molecular flexibility index (Phi) is 6.35. The van der Waals surface area contributed by atoms with Crippen LogP contribution in [0.3, 0.4) is 0 Å². The standard InChI is InChI=1S/C15H27N5O2/c1-3-18(2)5-4-6-19-7-8-20(11-13(21)10-19)14-9-15(22)17-12-16-14/h9,12-13,21H,3-8,10-11H2,1-2H3,(H,16,17,22)/t13-/m1/s1. The Morgan fingerprint density at radius 1 is 1.45 bits per heavy atom. The first-order chi connectivity index (χ1) is 10.6. The largest absolute Gasteiger partial charge is 0.390 e. The Balaban J connectivity index is 1.88. The third-order valence-electron chi connectivity index (χ3n) is 4.13. The Labute approximate surface area is 131 Å². The van der Waals surface area contributed by atoms with Crippen LogP contribution in [0, 0.1) is 0 Å². The summed E-state index contributed by atoms with van der Waals surface area (Å²) in [5.41, 5.74) is -0.164. The Bertz CT molecular complexity index is 507. The van der Waals surface area contributed by atoms with Crippen molar-refractivity contribution in [2.45, 2.75) is 19.4 Å². The molecule has 1 saturated heterocycles. The average molecular weight is 309 g/mol. The second kappa shape index (κ2) is 8.26. The van der Waals surface area contributed by atoms with Gasteiger partial charge in [-0.1, -0.05) is 6.92 Å². The van der Waals surface area contributed by atoms with E-state index in [4.69, 9.17) is 0 Å². The van der Waals surface area contributed by atoms with Gasteiger partial charge in [0.05, 0.1) is 12.4 Å². The van der Waals surface area contributed by atoms with Crippen molar-refractivity contribution in [2.75, 3.05) is 57.8 Å². The Hall–Kier alpha value is -1.44. The van der Waals surface area contributed by atoms with E-state index in [1.54, 1.807) is 0 Å². The lowest BCUT2D eigenvalue weighted by molar-refractivity contribution is 0.130. The van der Waals surface area contributed by atoms with Crippen molar-refractivity contribution >= 4 is 5.82 Å². The molecular formula is C15H27N5O2. The van der Waals surface area contributed by atoms with Gasteiger partial charge < -0.3 is 19.9 Å². The highest BCUT2D eigenvalue weighted by Gasteiger charge is 2.22. The highest BCUT2D eigenvalue weighted by Crippen LogP contribution is 2.11. The first-order valence-electron chi connectivity index (χ1n) is 7.97. The summed E-state index contributed by atoms with van der Waals surface area (Å²) in [7, 11) is 2.12. The number of anilines is 1. The normalized spacial score (nSPS) is 20.4. The number of aliphatic hydroxyl groups is 1. The first-order valence-corrected chi connectivity index (χ1v) is 7.97. The van der Waals surface area contributed by atoms with E-state index in [0.717, 1.165) is 39.1 Å². The summed E-state index contributed by atoms with van der Waals surface area (Å²) < 4.78 is 0. The maximum atomic E-state index is 11.4. The number of H-pyrrole nitrogens is 1. The zero-order valence-corrected chi connectivity index (χ0v) is 13.5. The van der Waals surface area contributed by atoms with E-state index in [2.05, 4.69) is 33.7 Å². The zero-order chi connectivity index (χ0) is 15.9. The molecule has 2 heterocycles. The van der Waals surface area contributed by atoms with Crippen molar-refractivity contribution < 1.29 is 5.11 Å². The number of nitrogens with one attached hydrogen (secondary N) is 1. The second-order valence-electron chi connectivity index (χ2n) is 5.92. The molecule has 1 aliphatic heterocycles. The van der Waals surface area contributed by atoms with Crippen molar-refractivity contribution in [3.8, 4) is 0 Å². The predicted molar refractivity (Wildman–Crippen MR) is 87.3 cm³/mol. The summed E-state index contributed by atoms with van der Waals surface area (Å²) >= 11 is 0. The van der Waals surface area contributed by atoms with Gasteiger partial charge in [0.1, 0.15) is 5.82 Å². The molecule has 0 radical (unpaired) electrons. The highest BCUT2D eigenvalue weighted by molar-refractivity contribution is 5.37. The maximum Gasteiger partial charge on any atom is 0.252 e. The lowest BCUT2D eigenvalue weighted by Gasteiger charge is -2.23. The van der Waals surface area contributed by atoms with E-state index in [9.17, 15) is 9.90 Å². The molecule has 0 bridgehead atoms. The lowest BCUT2D eigenvalue weighted by Crippen LogP contribution is -2.35. The zero-order valence-electron chi connectivity index (χ0n) is 13.5. The van der Waals surface area contributed by atoms with Gasteiger partial charge in [-0.25, -0.2) is 4.98 Å². The first kappa shape index (κ1) is 16.9. The summed E-state index contributed by atoms with van der Waals surface area (Å²) in [4.78, 5) is 24.7. The Morgan fingerprint density at radius 3 is 3.00 bits per heavy atom. The topological polar surface area (TPSA) is 75.7 Å². The molecule has 1 aliphatic rings. The van der Waals surface area contributed by atoms with Crippen LogP contribution < -0.4 is 10.5 Å². The van der Waals surface area contributed by atoms with Crippen molar-refractivity contribution in [3.63, 3.8) is 0 Å². The molecule has 124 valence electrons. The molecule has 1 fully saturated rings. The molecule has 7 heteroatoms. The van der Waals surface area contributed by atoms with Crippen molar-refractivity contribution in [1.29, 1.82) is 0 Å². The number of aromatic nitrogens is 2. The second-order valence-corrected chi connectivity index (χ2v) is 5.92. The predicted octanol–water partition coefficient (Wildman–Crippen LogP) is -0.405. The molecular weight excluding hydrogens is 282 g/mol. The number of aromatic amines is 1. The van der Waals surface area contributed by atoms with Gasteiger partial charge in [0.15, 0.2) is 0 Å². The lowest BCUT2D eigenvalue weighted by atomic mass is 10.3. The smallest absolute Gasteiger partial charge is 0.252 e. The monoisotopic (exact) mass is 309 g/mol. The van der Waals surface area contributed by atoms with Crippen LogP contribution in [0.5, 0.6) is 0 Å². The van der Waals surface area contributed by atoms with Crippen LogP contribution >= 0.6 is 0 Å². The molecule has 1 aromatic rings. The fraction of sp³-hybridized carbons (Fsp3) is 0.733. The minimum Gasteiger partial charge on any atom is -0.390 e. The highest BCUT2D eigenvalue weighted by atomic mass is 16.3. The molecule has 0 spiro atoms. The summed E-state index contributed by atoms with van der Waals surface area (Å²) in [5, 5.41) is 10.2. The summed E-state index contributed by atoms with van der Waals surface area (Å²) in [6.07, 6.45) is 2.08. The summed E-state index contributed by atoms with van der Waals surface area (Å²) in [6, 6.07) is 1.48. The van der Waals surface area contributed by atoms with E-state index in [0.29, 0.717) is 18.9 Å². The van der Waals surface area contributed by atoms with E-state index in [1.807, 2.05) is 4.90 Å². The number of rotatable bonds is 6. The number of aliphatic hydroxyl groups excluding tert-OH is 1. The number of nitrogens with zero attached hydrogens (tertiary/aromatic N) is 4. The van der Waals surface area contributed by atoms with E-state index >= 15 is 0 Å². The van der Waals surface area contributed by atoms with Crippen LogP contribution in [-0.4, -0.2) is 83.8 Å². The average Bonchev–Trinajstić information content (AvgIpc) is 2.68. The minimum absolute atomic E-state index is 0.164. The van der Waals surface area contributed by atoms with Crippen LogP contribution in [0.15, 0.2) is 17.2 Å². The van der Waals surface area contributed by atoms with Crippen molar-refractivity contribution in [1.82, 2.24) is 19.8 Å². The van der Waals surface area contributed by atoms with E-state index in [1.165, 1.54) is 12.4 Å². The van der Waals surface area contributed by atoms with Crippen molar-refractivity contribution in [3.05, 3.63) is 22.7 Å². The maximum absolute atomic E-state index is 11.4. The van der Waals surface area contributed by atoms with Crippen LogP contribution in [0.25, 0.3) is 0 Å². The van der Waals surface area contributed by atoms with Gasteiger partial charge >= 0.3 is 0 Å². The van der Waals surface area contributed by atoms with Crippen LogP contribution in [0.2, 0.25) is 0 Å². The molecule has 22 heavy (non-hydrogen) atoms. The van der Waals surface area contributed by atoms with Gasteiger partial charge in [-0.2, -0.15) is 0 Å². The molecule has 0 amide bonds. The molecule has 0 aliphatic carbocycles. The van der Waals surface area contributed by atoms with E-state index < -0.39 is 6.10 Å². The number of hydrogen-bond donors (Lipinski definition) is 2. The number of hydrogen-bond acceptors (Lipinski definition) is 6. The fourth-order valence-corrected chi connectivity index (χ4v) is 2.72. The summed E-state index contributed by atoms with van der Waals surface area (Å²) in [6.45, 7) is 8.11. The van der Waals surface area contributed by atoms with Crippen LogP contribution in [-0.2, 0) is 0 Å². The quantitative estimate of drug-likeness (QED) is 0.744. The Morgan fingerprint density at radius 2 is 2.27 bits per heavy atom. The van der Waals surface area contributed by atoms with Crippen LogP contribution in [0.4, 0.5) is 5.82 Å². The van der Waals surface area contributed by atoms with E-state index in [-0.39, 0.29) is 5.56 Å². The van der Waals surface area contributed by atoms with Gasteiger partial charge in [-0.05, 0) is 33.1 Å². The van der Waals surface area contributed by atoms with Gasteiger partial charge in [0, 0.05) is 32.2 Å². The third-order valence-corrected chi connectivity index (χ3v) is 4.13. The molecule has 1 atom stereocenters. The third kappa shape index (κ3) is 5.08. The van der Waals surface area contributed by atoms with Gasteiger partial charge in [0.2, 0.25) is 0 Å². The molecule has 2 rings (SSSR count). The van der Waals surface area contributed by atoms with Gasteiger partial charge in [-0.15, -0.1) is 0 Å². The molecule has 0 unspecified atom stereocenters. The summed E-state index contributed by atoms with van der Waals surface area (Å²) in [5.74, 6) is 0.635. The van der Waals surface area contributed by atoms with Crippen LogP contribution in [0.1, 0.15) is 13.3 Å². The minimum atomic E-state index is -0.424. The number of β-amino-alcohol motifs (C(OH)–C–C–N with tert-alkyl or cyclic N) is 1. The fourth-order valence-electron chi connectivity index (χ4n) is 2.72. The molecule has 0 saturated carbocycles. The van der Waals surface area contributed by atoms with Gasteiger partial charge in [0.25, 0.3) is 5.56 Å². The molecule has 2 N–H and O–H groups in total. The molecule has 0 aromatic carbocycles. The SMILES string of the molecule is CCN(C)CCCN1CCN(c2cc(=O)[nH]cn2)C[C@H](O)C1.